The Labute approximate surface area is 283 Å². The van der Waals surface area contributed by atoms with Gasteiger partial charge in [-0.15, -0.1) is 0 Å². The Morgan fingerprint density at radius 3 is 1.54 bits per heavy atom. The standard InChI is InChI=1S/C37H74NO7P/c1-3-5-7-9-11-13-15-17-19-21-23-25-27-29-32-42-36(35-45-46(40,41)44-33-31-38)34-43-37(39)30-28-26-24-22-20-18-16-14-12-10-8-6-4-2/h29,32,36H,3-28,30-31,33-35,38H2,1-2H3,(H,40,41). The summed E-state index contributed by atoms with van der Waals surface area (Å²) in [5.41, 5.74) is 5.35. The Bertz CT molecular complexity index is 722. The predicted octanol–water partition coefficient (Wildman–Crippen LogP) is 11.1. The number of hydrogen-bond acceptors (Lipinski definition) is 7. The fourth-order valence-corrected chi connectivity index (χ4v) is 6.16. The molecule has 0 aromatic carbocycles. The summed E-state index contributed by atoms with van der Waals surface area (Å²) in [7, 11) is -4.25. The molecule has 0 heterocycles. The van der Waals surface area contributed by atoms with Gasteiger partial charge in [-0.2, -0.15) is 0 Å². The molecular formula is C37H74NO7P. The van der Waals surface area contributed by atoms with Gasteiger partial charge in [0, 0.05) is 13.0 Å². The minimum absolute atomic E-state index is 0.0584. The number of hydrogen-bond donors (Lipinski definition) is 2. The maximum atomic E-state index is 12.3. The average Bonchev–Trinajstić information content (AvgIpc) is 3.05. The van der Waals surface area contributed by atoms with Crippen LogP contribution in [0.4, 0.5) is 0 Å². The summed E-state index contributed by atoms with van der Waals surface area (Å²) in [6.45, 7) is 4.23. The number of carbonyl (C=O) groups is 1. The van der Waals surface area contributed by atoms with Crippen LogP contribution in [0.25, 0.3) is 0 Å². The van der Waals surface area contributed by atoms with Crippen molar-refractivity contribution in [2.45, 2.75) is 193 Å². The molecule has 0 rings (SSSR count). The van der Waals surface area contributed by atoms with Crippen molar-refractivity contribution in [1.82, 2.24) is 0 Å². The molecule has 0 aliphatic carbocycles. The van der Waals surface area contributed by atoms with Crippen LogP contribution in [-0.2, 0) is 27.9 Å². The summed E-state index contributed by atoms with van der Waals surface area (Å²) in [5.74, 6) is -0.288. The molecule has 9 heteroatoms. The summed E-state index contributed by atoms with van der Waals surface area (Å²) >= 11 is 0. The van der Waals surface area contributed by atoms with Gasteiger partial charge >= 0.3 is 13.8 Å². The normalized spacial score (nSPS) is 13.7. The number of nitrogens with two attached hydrogens (primary N) is 1. The van der Waals surface area contributed by atoms with E-state index in [1.165, 1.54) is 135 Å². The fourth-order valence-electron chi connectivity index (χ4n) is 5.39. The van der Waals surface area contributed by atoms with Crippen molar-refractivity contribution in [2.75, 3.05) is 26.4 Å². The van der Waals surface area contributed by atoms with Crippen LogP contribution in [0.2, 0.25) is 0 Å². The summed E-state index contributed by atoms with van der Waals surface area (Å²) in [5, 5.41) is 0. The minimum atomic E-state index is -4.25. The van der Waals surface area contributed by atoms with E-state index < -0.39 is 13.9 Å². The fraction of sp³-hybridized carbons (Fsp3) is 0.919. The predicted molar refractivity (Wildman–Crippen MR) is 192 cm³/mol. The quantitative estimate of drug-likeness (QED) is 0.0289. The second-order valence-electron chi connectivity index (χ2n) is 12.9. The summed E-state index contributed by atoms with van der Waals surface area (Å²) < 4.78 is 33.1. The molecule has 0 saturated carbocycles. The van der Waals surface area contributed by atoms with Gasteiger partial charge < -0.3 is 20.1 Å². The van der Waals surface area contributed by atoms with Crippen molar-refractivity contribution in [3.8, 4) is 0 Å². The third kappa shape index (κ3) is 34.4. The highest BCUT2D eigenvalue weighted by molar-refractivity contribution is 7.47. The third-order valence-electron chi connectivity index (χ3n) is 8.30. The maximum absolute atomic E-state index is 12.3. The zero-order valence-corrected chi connectivity index (χ0v) is 31.0. The van der Waals surface area contributed by atoms with Crippen LogP contribution in [0.1, 0.15) is 187 Å². The molecule has 0 aromatic rings. The van der Waals surface area contributed by atoms with Crippen LogP contribution in [0.15, 0.2) is 12.3 Å². The summed E-state index contributed by atoms with van der Waals surface area (Å²) in [6.07, 6.45) is 36.0. The lowest BCUT2D eigenvalue weighted by molar-refractivity contribution is -0.147. The minimum Gasteiger partial charge on any atom is -0.492 e. The maximum Gasteiger partial charge on any atom is 0.472 e. The summed E-state index contributed by atoms with van der Waals surface area (Å²) in [4.78, 5) is 22.2. The highest BCUT2D eigenvalue weighted by Crippen LogP contribution is 2.43. The van der Waals surface area contributed by atoms with E-state index in [-0.39, 0.29) is 32.3 Å². The molecule has 2 unspecified atom stereocenters. The molecule has 0 fully saturated rings. The van der Waals surface area contributed by atoms with Gasteiger partial charge in [0.25, 0.3) is 0 Å². The molecule has 46 heavy (non-hydrogen) atoms. The number of allylic oxidation sites excluding steroid dienone is 1. The van der Waals surface area contributed by atoms with Crippen LogP contribution in [-0.4, -0.2) is 43.3 Å². The molecule has 8 nitrogen and oxygen atoms in total. The first-order chi connectivity index (χ1) is 22.4. The van der Waals surface area contributed by atoms with Crippen LogP contribution in [0.3, 0.4) is 0 Å². The molecule has 274 valence electrons. The van der Waals surface area contributed by atoms with E-state index in [0.29, 0.717) is 6.42 Å². The van der Waals surface area contributed by atoms with Crippen molar-refractivity contribution < 1.29 is 32.8 Å². The van der Waals surface area contributed by atoms with Gasteiger partial charge in [-0.1, -0.05) is 162 Å². The lowest BCUT2D eigenvalue weighted by Crippen LogP contribution is -2.25. The number of esters is 1. The second kappa shape index (κ2) is 35.4. The Morgan fingerprint density at radius 2 is 1.09 bits per heavy atom. The number of phosphoric acid groups is 1. The largest absolute Gasteiger partial charge is 0.492 e. The Morgan fingerprint density at radius 1 is 0.652 bits per heavy atom. The first kappa shape index (κ1) is 45.1. The van der Waals surface area contributed by atoms with Crippen LogP contribution in [0.5, 0.6) is 0 Å². The lowest BCUT2D eigenvalue weighted by atomic mass is 10.0. The van der Waals surface area contributed by atoms with Gasteiger partial charge in [0.1, 0.15) is 6.61 Å². The number of unbranched alkanes of at least 4 members (excludes halogenated alkanes) is 24. The molecule has 0 bridgehead atoms. The van der Waals surface area contributed by atoms with E-state index in [1.807, 2.05) is 6.08 Å². The highest BCUT2D eigenvalue weighted by atomic mass is 31.2. The molecular weight excluding hydrogens is 601 g/mol. The van der Waals surface area contributed by atoms with E-state index in [2.05, 4.69) is 13.8 Å². The number of carbonyl (C=O) groups excluding carboxylic acids is 1. The molecule has 0 amide bonds. The van der Waals surface area contributed by atoms with E-state index in [4.69, 9.17) is 24.3 Å². The van der Waals surface area contributed by atoms with Gasteiger partial charge in [0.15, 0.2) is 6.10 Å². The molecule has 3 N–H and O–H groups in total. The molecule has 0 saturated heterocycles. The lowest BCUT2D eigenvalue weighted by Gasteiger charge is -2.19. The van der Waals surface area contributed by atoms with Gasteiger partial charge in [0.2, 0.25) is 0 Å². The molecule has 0 spiro atoms. The van der Waals surface area contributed by atoms with Crippen LogP contribution >= 0.6 is 7.82 Å². The Kier molecular flexibility index (Phi) is 34.7. The van der Waals surface area contributed by atoms with Crippen molar-refractivity contribution in [3.05, 3.63) is 12.3 Å². The van der Waals surface area contributed by atoms with E-state index >= 15 is 0 Å². The Balaban J connectivity index is 4.11. The van der Waals surface area contributed by atoms with E-state index in [1.54, 1.807) is 6.26 Å². The van der Waals surface area contributed by atoms with Gasteiger partial charge in [0.05, 0.1) is 19.5 Å². The first-order valence-electron chi connectivity index (χ1n) is 19.2. The monoisotopic (exact) mass is 676 g/mol. The van der Waals surface area contributed by atoms with Crippen molar-refractivity contribution in [2.24, 2.45) is 5.73 Å². The molecule has 2 atom stereocenters. The number of ether oxygens (including phenoxy) is 2. The first-order valence-corrected chi connectivity index (χ1v) is 20.7. The second-order valence-corrected chi connectivity index (χ2v) is 14.3. The van der Waals surface area contributed by atoms with Crippen molar-refractivity contribution >= 4 is 13.8 Å². The van der Waals surface area contributed by atoms with Crippen molar-refractivity contribution in [1.29, 1.82) is 0 Å². The third-order valence-corrected chi connectivity index (χ3v) is 9.29. The van der Waals surface area contributed by atoms with Crippen LogP contribution in [0, 0.1) is 0 Å². The highest BCUT2D eigenvalue weighted by Gasteiger charge is 2.24. The SMILES string of the molecule is CCCCCCCCCCCCCCC=COC(COC(=O)CCCCCCCCCCCCCCC)COP(=O)(O)OCCN. The molecule has 0 aliphatic rings. The van der Waals surface area contributed by atoms with Crippen LogP contribution < -0.4 is 5.73 Å². The smallest absolute Gasteiger partial charge is 0.472 e. The molecule has 0 aliphatic heterocycles. The average molecular weight is 676 g/mol. The molecule has 0 aromatic heterocycles. The van der Waals surface area contributed by atoms with E-state index in [0.717, 1.165) is 32.1 Å². The number of rotatable bonds is 37. The topological polar surface area (TPSA) is 117 Å². The zero-order valence-electron chi connectivity index (χ0n) is 30.1. The molecule has 0 radical (unpaired) electrons. The van der Waals surface area contributed by atoms with E-state index in [9.17, 15) is 14.3 Å². The van der Waals surface area contributed by atoms with Crippen molar-refractivity contribution in [3.63, 3.8) is 0 Å². The van der Waals surface area contributed by atoms with Gasteiger partial charge in [-0.3, -0.25) is 13.8 Å². The summed E-state index contributed by atoms with van der Waals surface area (Å²) in [6, 6.07) is 0. The zero-order chi connectivity index (χ0) is 33.8. The Hall–Kier alpha value is -0.920. The van der Waals surface area contributed by atoms with Gasteiger partial charge in [-0.25, -0.2) is 4.57 Å². The number of phosphoric ester groups is 1. The van der Waals surface area contributed by atoms with Gasteiger partial charge in [-0.05, 0) is 25.3 Å².